The van der Waals surface area contributed by atoms with E-state index in [9.17, 15) is 19.2 Å². The number of carbonyl (C=O) groups excluding carboxylic acids is 4. The Morgan fingerprint density at radius 1 is 1.21 bits per heavy atom. The van der Waals surface area contributed by atoms with E-state index in [0.717, 1.165) is 0 Å². The zero-order valence-electron chi connectivity index (χ0n) is 18.1. The number of hydrogen-bond donors (Lipinski definition) is 3. The van der Waals surface area contributed by atoms with Crippen molar-refractivity contribution >= 4 is 23.6 Å². The molecule has 1 rings (SSSR count). The van der Waals surface area contributed by atoms with E-state index in [2.05, 4.69) is 21.9 Å². The number of nitrogens with zero attached hydrogens (tertiary/aromatic N) is 1. The van der Waals surface area contributed by atoms with Gasteiger partial charge in [-0.2, -0.15) is 0 Å². The molecule has 1 heterocycles. The molecule has 1 saturated heterocycles. The van der Waals surface area contributed by atoms with E-state index in [-0.39, 0.29) is 17.6 Å². The topological polar surface area (TPSA) is 108 Å². The predicted octanol–water partition coefficient (Wildman–Crippen LogP) is 1.20. The van der Waals surface area contributed by atoms with E-state index in [1.807, 2.05) is 20.8 Å². The van der Waals surface area contributed by atoms with Crippen molar-refractivity contribution in [2.24, 2.45) is 5.41 Å². The quantitative estimate of drug-likeness (QED) is 0.416. The third kappa shape index (κ3) is 7.08. The maximum Gasteiger partial charge on any atom is 0.315 e. The second-order valence-electron chi connectivity index (χ2n) is 8.48. The average Bonchev–Trinajstić information content (AvgIpc) is 3.13. The number of nitrogens with one attached hydrogen (secondary N) is 3. The van der Waals surface area contributed by atoms with Crippen LogP contribution < -0.4 is 16.0 Å². The van der Waals surface area contributed by atoms with Crippen molar-refractivity contribution in [3.63, 3.8) is 0 Å². The number of rotatable bonds is 8. The largest absolute Gasteiger partial charge is 0.345 e. The molecule has 0 radical (unpaired) electrons. The number of urea groups is 1. The lowest BCUT2D eigenvalue weighted by atomic mass is 9.85. The van der Waals surface area contributed by atoms with E-state index in [0.29, 0.717) is 38.6 Å². The van der Waals surface area contributed by atoms with Crippen molar-refractivity contribution in [2.45, 2.75) is 77.9 Å². The van der Waals surface area contributed by atoms with Gasteiger partial charge in [0.05, 0.1) is 6.04 Å². The van der Waals surface area contributed by atoms with Gasteiger partial charge in [0.1, 0.15) is 12.1 Å². The van der Waals surface area contributed by atoms with Crippen molar-refractivity contribution in [2.75, 3.05) is 13.6 Å². The number of terminal acetylenes is 1. The lowest BCUT2D eigenvalue weighted by molar-refractivity contribution is -0.142. The van der Waals surface area contributed by atoms with E-state index in [1.165, 1.54) is 18.9 Å². The predicted molar refractivity (Wildman–Crippen MR) is 111 cm³/mol. The zero-order chi connectivity index (χ0) is 22.2. The van der Waals surface area contributed by atoms with Crippen LogP contribution in [0.4, 0.5) is 4.79 Å². The first-order chi connectivity index (χ1) is 13.5. The molecule has 1 aliphatic heterocycles. The van der Waals surface area contributed by atoms with E-state index >= 15 is 0 Å². The van der Waals surface area contributed by atoms with Gasteiger partial charge in [0.2, 0.25) is 11.8 Å². The van der Waals surface area contributed by atoms with E-state index in [1.54, 1.807) is 0 Å². The molecular formula is C21H34N4O4. The molecule has 0 aliphatic carbocycles. The highest BCUT2D eigenvalue weighted by atomic mass is 16.2. The van der Waals surface area contributed by atoms with Crippen LogP contribution in [0.2, 0.25) is 0 Å². The number of likely N-dealkylation sites (tertiary alicyclic amines) is 1. The summed E-state index contributed by atoms with van der Waals surface area (Å²) in [6.45, 7) is 7.43. The number of carbonyl (C=O) groups is 4. The molecule has 0 aromatic carbocycles. The second kappa shape index (κ2) is 10.8. The van der Waals surface area contributed by atoms with Gasteiger partial charge in [0.15, 0.2) is 5.78 Å². The van der Waals surface area contributed by atoms with Gasteiger partial charge in [-0.15, -0.1) is 12.3 Å². The van der Waals surface area contributed by atoms with Gasteiger partial charge < -0.3 is 20.9 Å². The number of Topliss-reactive ketones (excluding diaryl/α,β-unsaturated/α-hetero) is 1. The van der Waals surface area contributed by atoms with Gasteiger partial charge in [-0.3, -0.25) is 14.4 Å². The lowest BCUT2D eigenvalue weighted by Crippen LogP contribution is -2.59. The summed E-state index contributed by atoms with van der Waals surface area (Å²) < 4.78 is 0. The monoisotopic (exact) mass is 406 g/mol. The van der Waals surface area contributed by atoms with Crippen LogP contribution >= 0.6 is 0 Å². The first kappa shape index (κ1) is 24.5. The number of amides is 4. The smallest absolute Gasteiger partial charge is 0.315 e. The van der Waals surface area contributed by atoms with Crippen LogP contribution in [0.5, 0.6) is 0 Å². The highest BCUT2D eigenvalue weighted by molar-refractivity contribution is 5.94. The Hall–Kier alpha value is -2.56. The van der Waals surface area contributed by atoms with Gasteiger partial charge in [0.25, 0.3) is 0 Å². The molecule has 1 fully saturated rings. The molecule has 3 unspecified atom stereocenters. The summed E-state index contributed by atoms with van der Waals surface area (Å²) in [6.07, 6.45) is 8.09. The van der Waals surface area contributed by atoms with Crippen LogP contribution in [0.15, 0.2) is 0 Å². The van der Waals surface area contributed by atoms with Gasteiger partial charge in [0, 0.05) is 20.0 Å². The Morgan fingerprint density at radius 3 is 2.38 bits per heavy atom. The average molecular weight is 407 g/mol. The first-order valence-corrected chi connectivity index (χ1v) is 10.1. The molecule has 4 amide bonds. The molecule has 0 aromatic rings. The molecule has 162 valence electrons. The van der Waals surface area contributed by atoms with Gasteiger partial charge >= 0.3 is 6.03 Å². The molecular weight excluding hydrogens is 372 g/mol. The van der Waals surface area contributed by atoms with Crippen LogP contribution in [0, 0.1) is 17.8 Å². The molecule has 29 heavy (non-hydrogen) atoms. The second-order valence-corrected chi connectivity index (χ2v) is 8.48. The minimum Gasteiger partial charge on any atom is -0.345 e. The normalized spacial score (nSPS) is 18.3. The minimum absolute atomic E-state index is 0.139. The highest BCUT2D eigenvalue weighted by Gasteiger charge is 2.42. The van der Waals surface area contributed by atoms with Gasteiger partial charge in [-0.1, -0.05) is 20.8 Å². The Morgan fingerprint density at radius 2 is 1.86 bits per heavy atom. The van der Waals surface area contributed by atoms with E-state index < -0.39 is 29.6 Å². The summed E-state index contributed by atoms with van der Waals surface area (Å²) in [7, 11) is 1.48. The van der Waals surface area contributed by atoms with E-state index in [4.69, 9.17) is 6.42 Å². The van der Waals surface area contributed by atoms with Crippen LogP contribution in [0.1, 0.15) is 59.8 Å². The molecule has 1 aliphatic rings. The molecule has 3 N–H and O–H groups in total. The molecule has 0 aromatic heterocycles. The molecule has 0 bridgehead atoms. The third-order valence-electron chi connectivity index (χ3n) is 5.08. The number of ketones is 1. The maximum absolute atomic E-state index is 13.2. The van der Waals surface area contributed by atoms with Crippen molar-refractivity contribution in [1.29, 1.82) is 0 Å². The summed E-state index contributed by atoms with van der Waals surface area (Å²) in [5.41, 5.74) is -0.537. The zero-order valence-corrected chi connectivity index (χ0v) is 18.1. The number of hydrogen-bond acceptors (Lipinski definition) is 4. The van der Waals surface area contributed by atoms with Gasteiger partial charge in [-0.25, -0.2) is 4.79 Å². The standard InChI is InChI=1S/C21H34N4O4/c1-7-8-9-11-15(14(2)26)23-18(27)16-12-10-13-25(16)19(28)17(21(3,4)5)24-20(29)22-6/h1,15-17H,8-13H2,2-6H3,(H,23,27)(H2,22,24,29). The first-order valence-electron chi connectivity index (χ1n) is 10.1. The third-order valence-corrected chi connectivity index (χ3v) is 5.08. The Balaban J connectivity index is 2.92. The molecule has 8 nitrogen and oxygen atoms in total. The fourth-order valence-electron chi connectivity index (χ4n) is 3.37. The Kier molecular flexibility index (Phi) is 9.15. The summed E-state index contributed by atoms with van der Waals surface area (Å²) in [6, 6.07) is -2.51. The van der Waals surface area contributed by atoms with Gasteiger partial charge in [-0.05, 0) is 38.0 Å². The summed E-state index contributed by atoms with van der Waals surface area (Å²) in [4.78, 5) is 51.3. The fraction of sp³-hybridized carbons (Fsp3) is 0.714. The summed E-state index contributed by atoms with van der Waals surface area (Å²) >= 11 is 0. The fourth-order valence-corrected chi connectivity index (χ4v) is 3.37. The van der Waals surface area contributed by atoms with Crippen molar-refractivity contribution in [3.05, 3.63) is 0 Å². The molecule has 0 spiro atoms. The summed E-state index contributed by atoms with van der Waals surface area (Å²) in [5, 5.41) is 7.93. The van der Waals surface area contributed by atoms with Crippen LogP contribution in [-0.4, -0.2) is 60.2 Å². The number of unbranched alkanes of at least 4 members (excludes halogenated alkanes) is 1. The summed E-state index contributed by atoms with van der Waals surface area (Å²) in [5.74, 6) is 1.74. The van der Waals surface area contributed by atoms with Crippen molar-refractivity contribution < 1.29 is 19.2 Å². The molecule has 3 atom stereocenters. The van der Waals surface area contributed by atoms with Crippen molar-refractivity contribution in [1.82, 2.24) is 20.9 Å². The van der Waals surface area contributed by atoms with Crippen LogP contribution in [0.3, 0.4) is 0 Å². The minimum atomic E-state index is -0.782. The van der Waals surface area contributed by atoms with Crippen molar-refractivity contribution in [3.8, 4) is 12.3 Å². The molecule has 0 saturated carbocycles. The molecule has 8 heteroatoms. The SMILES string of the molecule is C#CCCCC(NC(=O)C1CCCN1C(=O)C(NC(=O)NC)C(C)(C)C)C(C)=O. The lowest BCUT2D eigenvalue weighted by Gasteiger charge is -2.35. The maximum atomic E-state index is 13.2. The Labute approximate surface area is 173 Å². The van der Waals surface area contributed by atoms with Crippen LogP contribution in [-0.2, 0) is 14.4 Å². The highest BCUT2D eigenvalue weighted by Crippen LogP contribution is 2.26. The Bertz CT molecular complexity index is 663. The van der Waals surface area contributed by atoms with Crippen LogP contribution in [0.25, 0.3) is 0 Å².